The van der Waals surface area contributed by atoms with Crippen LogP contribution in [0.25, 0.3) is 0 Å². The summed E-state index contributed by atoms with van der Waals surface area (Å²) in [5, 5.41) is 3.28. The van der Waals surface area contributed by atoms with Crippen LogP contribution in [0.15, 0.2) is 12.1 Å². The summed E-state index contributed by atoms with van der Waals surface area (Å²) >= 11 is 0. The maximum atomic E-state index is 5.28. The zero-order chi connectivity index (χ0) is 13.4. The minimum absolute atomic E-state index is 0.599. The zero-order valence-electron chi connectivity index (χ0n) is 11.4. The van der Waals surface area contributed by atoms with Gasteiger partial charge in [-0.2, -0.15) is 0 Å². The van der Waals surface area contributed by atoms with Crippen LogP contribution >= 0.6 is 0 Å². The number of benzene rings is 1. The average Bonchev–Trinajstić information content (AvgIpc) is 2.42. The zero-order valence-corrected chi connectivity index (χ0v) is 11.4. The van der Waals surface area contributed by atoms with E-state index >= 15 is 0 Å². The molecule has 0 radical (unpaired) electrons. The van der Waals surface area contributed by atoms with Crippen LogP contribution in [-0.2, 0) is 4.74 Å². The highest BCUT2D eigenvalue weighted by Crippen LogP contribution is 2.39. The van der Waals surface area contributed by atoms with Gasteiger partial charge in [0.1, 0.15) is 0 Å². The van der Waals surface area contributed by atoms with Crippen molar-refractivity contribution in [2.45, 2.75) is 6.42 Å². The summed E-state index contributed by atoms with van der Waals surface area (Å²) in [6.45, 7) is 1.56. The van der Waals surface area contributed by atoms with Gasteiger partial charge < -0.3 is 24.3 Å². The van der Waals surface area contributed by atoms with Crippen molar-refractivity contribution >= 4 is 5.69 Å². The Kier molecular flexibility index (Phi) is 6.14. The minimum atomic E-state index is 0.599. The molecule has 1 rings (SSSR count). The summed E-state index contributed by atoms with van der Waals surface area (Å²) in [5.74, 6) is 1.89. The van der Waals surface area contributed by atoms with Crippen LogP contribution in [-0.4, -0.2) is 41.6 Å². The van der Waals surface area contributed by atoms with E-state index in [9.17, 15) is 0 Å². The van der Waals surface area contributed by atoms with E-state index in [1.54, 1.807) is 28.4 Å². The third-order valence-electron chi connectivity index (χ3n) is 2.52. The Morgan fingerprint density at radius 2 is 1.56 bits per heavy atom. The van der Waals surface area contributed by atoms with E-state index in [4.69, 9.17) is 18.9 Å². The van der Waals surface area contributed by atoms with E-state index in [0.29, 0.717) is 17.2 Å². The molecule has 0 amide bonds. The molecule has 0 saturated heterocycles. The van der Waals surface area contributed by atoms with Crippen molar-refractivity contribution in [1.29, 1.82) is 0 Å². The second-order valence-electron chi connectivity index (χ2n) is 3.69. The molecule has 0 aliphatic heterocycles. The summed E-state index contributed by atoms with van der Waals surface area (Å²) < 4.78 is 20.8. The van der Waals surface area contributed by atoms with Gasteiger partial charge in [-0.05, 0) is 6.42 Å². The second kappa shape index (κ2) is 7.66. The Morgan fingerprint density at radius 1 is 0.944 bits per heavy atom. The summed E-state index contributed by atoms with van der Waals surface area (Å²) in [7, 11) is 6.49. The molecule has 0 aromatic heterocycles. The summed E-state index contributed by atoms with van der Waals surface area (Å²) in [6.07, 6.45) is 0.938. The SMILES string of the molecule is COCCCNc1cc(OC)c(OC)c(OC)c1. The van der Waals surface area contributed by atoms with Crippen LogP contribution < -0.4 is 19.5 Å². The minimum Gasteiger partial charge on any atom is -0.493 e. The third-order valence-corrected chi connectivity index (χ3v) is 2.52. The van der Waals surface area contributed by atoms with Crippen LogP contribution in [0.3, 0.4) is 0 Å². The van der Waals surface area contributed by atoms with Gasteiger partial charge in [-0.3, -0.25) is 0 Å². The largest absolute Gasteiger partial charge is 0.493 e. The number of rotatable bonds is 8. The molecule has 0 unspecified atom stereocenters. The molecule has 1 aromatic rings. The Morgan fingerprint density at radius 3 is 2.00 bits per heavy atom. The maximum Gasteiger partial charge on any atom is 0.203 e. The van der Waals surface area contributed by atoms with Gasteiger partial charge in [-0.15, -0.1) is 0 Å². The topological polar surface area (TPSA) is 49.0 Å². The molecule has 1 aromatic carbocycles. The van der Waals surface area contributed by atoms with Crippen molar-refractivity contribution in [3.05, 3.63) is 12.1 Å². The first-order valence-corrected chi connectivity index (χ1v) is 5.79. The lowest BCUT2D eigenvalue weighted by atomic mass is 10.2. The normalized spacial score (nSPS) is 10.0. The monoisotopic (exact) mass is 255 g/mol. The van der Waals surface area contributed by atoms with Gasteiger partial charge in [0.2, 0.25) is 5.75 Å². The Hall–Kier alpha value is -1.62. The third kappa shape index (κ3) is 3.70. The molecule has 0 saturated carbocycles. The van der Waals surface area contributed by atoms with Crippen LogP contribution in [0, 0.1) is 0 Å². The molecule has 0 aliphatic carbocycles. The molecule has 1 N–H and O–H groups in total. The molecule has 0 bridgehead atoms. The van der Waals surface area contributed by atoms with Crippen molar-refractivity contribution in [1.82, 2.24) is 0 Å². The Bertz CT molecular complexity index is 343. The summed E-state index contributed by atoms with van der Waals surface area (Å²) in [4.78, 5) is 0. The molecule has 0 heterocycles. The first kappa shape index (κ1) is 14.4. The average molecular weight is 255 g/mol. The summed E-state index contributed by atoms with van der Waals surface area (Å²) in [5.41, 5.74) is 0.931. The lowest BCUT2D eigenvalue weighted by Crippen LogP contribution is -2.05. The first-order valence-electron chi connectivity index (χ1n) is 5.79. The van der Waals surface area contributed by atoms with E-state index in [2.05, 4.69) is 5.32 Å². The van der Waals surface area contributed by atoms with Gasteiger partial charge in [0.15, 0.2) is 11.5 Å². The van der Waals surface area contributed by atoms with Gasteiger partial charge in [0.05, 0.1) is 21.3 Å². The molecular formula is C13H21NO4. The van der Waals surface area contributed by atoms with Crippen molar-refractivity contribution in [3.8, 4) is 17.2 Å². The predicted molar refractivity (Wildman–Crippen MR) is 71.1 cm³/mol. The molecule has 0 spiro atoms. The van der Waals surface area contributed by atoms with Crippen molar-refractivity contribution in [3.63, 3.8) is 0 Å². The molecule has 0 atom stereocenters. The van der Waals surface area contributed by atoms with Crippen LogP contribution in [0.2, 0.25) is 0 Å². The fourth-order valence-electron chi connectivity index (χ4n) is 1.63. The van der Waals surface area contributed by atoms with Gasteiger partial charge in [-0.1, -0.05) is 0 Å². The highest BCUT2D eigenvalue weighted by Gasteiger charge is 2.12. The quantitative estimate of drug-likeness (QED) is 0.721. The molecule has 0 fully saturated rings. The molecule has 0 aliphatic rings. The second-order valence-corrected chi connectivity index (χ2v) is 3.69. The van der Waals surface area contributed by atoms with E-state index < -0.39 is 0 Å². The number of hydrogen-bond donors (Lipinski definition) is 1. The maximum absolute atomic E-state index is 5.28. The number of hydrogen-bond acceptors (Lipinski definition) is 5. The van der Waals surface area contributed by atoms with Crippen LogP contribution in [0.1, 0.15) is 6.42 Å². The van der Waals surface area contributed by atoms with Crippen molar-refractivity contribution < 1.29 is 18.9 Å². The highest BCUT2D eigenvalue weighted by molar-refractivity contribution is 5.62. The number of methoxy groups -OCH3 is 4. The fourth-order valence-corrected chi connectivity index (χ4v) is 1.63. The number of anilines is 1. The van der Waals surface area contributed by atoms with E-state index in [-0.39, 0.29) is 0 Å². The lowest BCUT2D eigenvalue weighted by Gasteiger charge is -2.15. The molecular weight excluding hydrogens is 234 g/mol. The van der Waals surface area contributed by atoms with Gasteiger partial charge in [0, 0.05) is 38.1 Å². The van der Waals surface area contributed by atoms with E-state index in [0.717, 1.165) is 25.3 Å². The Balaban J connectivity index is 2.80. The fraction of sp³-hybridized carbons (Fsp3) is 0.538. The lowest BCUT2D eigenvalue weighted by molar-refractivity contribution is 0.198. The first-order chi connectivity index (χ1) is 8.76. The van der Waals surface area contributed by atoms with Crippen LogP contribution in [0.5, 0.6) is 17.2 Å². The predicted octanol–water partition coefficient (Wildman–Crippen LogP) is 2.16. The number of ether oxygens (including phenoxy) is 4. The summed E-state index contributed by atoms with van der Waals surface area (Å²) in [6, 6.07) is 3.77. The number of nitrogens with one attached hydrogen (secondary N) is 1. The standard InChI is InChI=1S/C13H21NO4/c1-15-7-5-6-14-10-8-11(16-2)13(18-4)12(9-10)17-3/h8-9,14H,5-7H2,1-4H3. The van der Waals surface area contributed by atoms with Crippen molar-refractivity contribution in [2.24, 2.45) is 0 Å². The highest BCUT2D eigenvalue weighted by atomic mass is 16.5. The Labute approximate surface area is 108 Å². The molecule has 102 valence electrons. The van der Waals surface area contributed by atoms with Crippen LogP contribution in [0.4, 0.5) is 5.69 Å². The smallest absolute Gasteiger partial charge is 0.203 e. The van der Waals surface area contributed by atoms with E-state index in [1.807, 2.05) is 12.1 Å². The van der Waals surface area contributed by atoms with Gasteiger partial charge in [-0.25, -0.2) is 0 Å². The molecule has 5 heteroatoms. The van der Waals surface area contributed by atoms with Gasteiger partial charge in [0.25, 0.3) is 0 Å². The van der Waals surface area contributed by atoms with Crippen molar-refractivity contribution in [2.75, 3.05) is 46.9 Å². The molecule has 18 heavy (non-hydrogen) atoms. The van der Waals surface area contributed by atoms with Gasteiger partial charge >= 0.3 is 0 Å². The molecule has 5 nitrogen and oxygen atoms in total. The van der Waals surface area contributed by atoms with E-state index in [1.165, 1.54) is 0 Å².